The SMILES string of the molecule is CN(CCCC1(c2ccc(F)cc2)OCCO1)CCN1CCC(Oc2ccc(F)cc2)CC1.Cl.Cl. The van der Waals surface area contributed by atoms with E-state index in [-0.39, 0.29) is 42.6 Å². The Hall–Kier alpha value is -1.48. The van der Waals surface area contributed by atoms with Crippen LogP contribution in [0.4, 0.5) is 8.78 Å². The largest absolute Gasteiger partial charge is 0.490 e. The third-order valence-corrected chi connectivity index (χ3v) is 6.53. The van der Waals surface area contributed by atoms with Crippen LogP contribution in [0.1, 0.15) is 31.2 Å². The second-order valence-corrected chi connectivity index (χ2v) is 8.98. The topological polar surface area (TPSA) is 34.2 Å². The number of ether oxygens (including phenoxy) is 3. The standard InChI is InChI=1S/C26H34F2N2O3.2ClH/c1-29(14-2-13-26(31-19-20-32-26)21-3-5-22(27)6-4-21)17-18-30-15-11-25(12-16-30)33-24-9-7-23(28)8-10-24;;/h3-10,25H,2,11-20H2,1H3;2*1H. The zero-order valence-corrected chi connectivity index (χ0v) is 21.8. The summed E-state index contributed by atoms with van der Waals surface area (Å²) in [5.74, 6) is -0.503. The molecule has 0 spiro atoms. The average Bonchev–Trinajstić information content (AvgIpc) is 3.30. The van der Waals surface area contributed by atoms with Crippen LogP contribution in [0.25, 0.3) is 0 Å². The highest BCUT2D eigenvalue weighted by Gasteiger charge is 2.38. The number of likely N-dealkylation sites (N-methyl/N-ethyl adjacent to an activating group) is 1. The van der Waals surface area contributed by atoms with Crippen molar-refractivity contribution in [2.45, 2.75) is 37.6 Å². The predicted molar refractivity (Wildman–Crippen MR) is 138 cm³/mol. The lowest BCUT2D eigenvalue weighted by molar-refractivity contribution is -0.172. The quantitative estimate of drug-likeness (QED) is 0.416. The molecule has 0 aliphatic carbocycles. The Labute approximate surface area is 219 Å². The van der Waals surface area contributed by atoms with Gasteiger partial charge in [-0.15, -0.1) is 24.8 Å². The smallest absolute Gasteiger partial charge is 0.195 e. The van der Waals surface area contributed by atoms with Gasteiger partial charge in [0.05, 0.1) is 13.2 Å². The van der Waals surface area contributed by atoms with E-state index < -0.39 is 5.79 Å². The van der Waals surface area contributed by atoms with Gasteiger partial charge in [-0.25, -0.2) is 8.78 Å². The van der Waals surface area contributed by atoms with Gasteiger partial charge >= 0.3 is 0 Å². The van der Waals surface area contributed by atoms with E-state index in [0.29, 0.717) is 13.2 Å². The minimum absolute atomic E-state index is 0. The number of benzene rings is 2. The summed E-state index contributed by atoms with van der Waals surface area (Å²) in [7, 11) is 2.14. The van der Waals surface area contributed by atoms with Crippen LogP contribution in [0, 0.1) is 11.6 Å². The van der Waals surface area contributed by atoms with Gasteiger partial charge in [0.15, 0.2) is 5.79 Å². The van der Waals surface area contributed by atoms with Gasteiger partial charge < -0.3 is 24.0 Å². The summed E-state index contributed by atoms with van der Waals surface area (Å²) in [6.45, 7) is 6.11. The molecular formula is C26H36Cl2F2N2O3. The highest BCUT2D eigenvalue weighted by atomic mass is 35.5. The van der Waals surface area contributed by atoms with Crippen LogP contribution in [0.3, 0.4) is 0 Å². The molecule has 4 rings (SSSR count). The zero-order valence-electron chi connectivity index (χ0n) is 20.2. The van der Waals surface area contributed by atoms with E-state index >= 15 is 0 Å². The molecule has 0 radical (unpaired) electrons. The van der Waals surface area contributed by atoms with Crippen LogP contribution in [-0.2, 0) is 15.3 Å². The Kier molecular flexibility index (Phi) is 12.2. The van der Waals surface area contributed by atoms with Crippen LogP contribution >= 0.6 is 24.8 Å². The minimum Gasteiger partial charge on any atom is -0.490 e. The molecule has 2 aliphatic rings. The normalized spacial score (nSPS) is 18.2. The summed E-state index contributed by atoms with van der Waals surface area (Å²) in [6.07, 6.45) is 3.83. The van der Waals surface area contributed by atoms with Gasteiger partial charge in [0, 0.05) is 38.2 Å². The van der Waals surface area contributed by atoms with Gasteiger partial charge in [-0.3, -0.25) is 0 Å². The summed E-state index contributed by atoms with van der Waals surface area (Å²) >= 11 is 0. The molecule has 2 aromatic rings. The maximum absolute atomic E-state index is 13.3. The third-order valence-electron chi connectivity index (χ3n) is 6.53. The van der Waals surface area contributed by atoms with Crippen LogP contribution in [0.15, 0.2) is 48.5 Å². The third kappa shape index (κ3) is 8.55. The molecule has 2 fully saturated rings. The molecule has 0 atom stereocenters. The summed E-state index contributed by atoms with van der Waals surface area (Å²) in [4.78, 5) is 4.82. The molecule has 0 aromatic heterocycles. The molecule has 2 heterocycles. The molecule has 35 heavy (non-hydrogen) atoms. The second kappa shape index (κ2) is 14.3. The molecule has 2 aromatic carbocycles. The number of hydrogen-bond acceptors (Lipinski definition) is 5. The molecule has 0 N–H and O–H groups in total. The first-order valence-electron chi connectivity index (χ1n) is 11.9. The lowest BCUT2D eigenvalue weighted by Gasteiger charge is -2.33. The van der Waals surface area contributed by atoms with Gasteiger partial charge in [-0.1, -0.05) is 12.1 Å². The molecule has 2 aliphatic heterocycles. The highest BCUT2D eigenvalue weighted by Crippen LogP contribution is 2.36. The van der Waals surface area contributed by atoms with Crippen molar-refractivity contribution in [3.8, 4) is 5.75 Å². The van der Waals surface area contributed by atoms with E-state index in [2.05, 4.69) is 16.8 Å². The van der Waals surface area contributed by atoms with E-state index in [9.17, 15) is 8.78 Å². The summed E-state index contributed by atoms with van der Waals surface area (Å²) in [5, 5.41) is 0. The Bertz CT molecular complexity index is 860. The van der Waals surface area contributed by atoms with Gasteiger partial charge in [-0.2, -0.15) is 0 Å². The second-order valence-electron chi connectivity index (χ2n) is 8.98. The van der Waals surface area contributed by atoms with E-state index in [4.69, 9.17) is 14.2 Å². The summed E-state index contributed by atoms with van der Waals surface area (Å²) in [5.41, 5.74) is 0.884. The molecule has 0 bridgehead atoms. The Morgan fingerprint density at radius 3 is 2.09 bits per heavy atom. The van der Waals surface area contributed by atoms with E-state index in [1.165, 1.54) is 24.3 Å². The molecular weight excluding hydrogens is 497 g/mol. The first kappa shape index (κ1) is 29.7. The highest BCUT2D eigenvalue weighted by molar-refractivity contribution is 5.85. The van der Waals surface area contributed by atoms with E-state index in [0.717, 1.165) is 69.7 Å². The fourth-order valence-corrected chi connectivity index (χ4v) is 4.58. The molecule has 0 unspecified atom stereocenters. The number of likely N-dealkylation sites (tertiary alicyclic amines) is 1. The van der Waals surface area contributed by atoms with Crippen LogP contribution < -0.4 is 4.74 Å². The Morgan fingerprint density at radius 2 is 1.49 bits per heavy atom. The van der Waals surface area contributed by atoms with E-state index in [1.54, 1.807) is 24.3 Å². The predicted octanol–water partition coefficient (Wildman–Crippen LogP) is 5.26. The summed E-state index contributed by atoms with van der Waals surface area (Å²) < 4.78 is 44.3. The van der Waals surface area contributed by atoms with Gasteiger partial charge in [0.1, 0.15) is 23.5 Å². The van der Waals surface area contributed by atoms with Crippen LogP contribution in [-0.4, -0.2) is 68.9 Å². The van der Waals surface area contributed by atoms with Crippen molar-refractivity contribution in [3.05, 3.63) is 65.7 Å². The Balaban J connectivity index is 0.00000216. The number of nitrogens with zero attached hydrogens (tertiary/aromatic N) is 2. The van der Waals surface area contributed by atoms with Crippen molar-refractivity contribution >= 4 is 24.8 Å². The fraction of sp³-hybridized carbons (Fsp3) is 0.538. The number of halogens is 4. The van der Waals surface area contributed by atoms with Crippen LogP contribution in [0.5, 0.6) is 5.75 Å². The molecule has 5 nitrogen and oxygen atoms in total. The number of rotatable bonds is 10. The van der Waals surface area contributed by atoms with Crippen molar-refractivity contribution in [3.63, 3.8) is 0 Å². The first-order chi connectivity index (χ1) is 16.0. The van der Waals surface area contributed by atoms with Crippen LogP contribution in [0.2, 0.25) is 0 Å². The maximum atomic E-state index is 13.3. The van der Waals surface area contributed by atoms with Crippen molar-refractivity contribution in [1.82, 2.24) is 9.80 Å². The first-order valence-corrected chi connectivity index (χ1v) is 11.9. The fourth-order valence-electron chi connectivity index (χ4n) is 4.58. The number of piperidine rings is 1. The Morgan fingerprint density at radius 1 is 0.914 bits per heavy atom. The lowest BCUT2D eigenvalue weighted by Crippen LogP contribution is -2.41. The average molecular weight is 533 g/mol. The van der Waals surface area contributed by atoms with E-state index in [1.807, 2.05) is 0 Å². The van der Waals surface area contributed by atoms with Gasteiger partial charge in [0.25, 0.3) is 0 Å². The van der Waals surface area contributed by atoms with Crippen molar-refractivity contribution in [2.24, 2.45) is 0 Å². The molecule has 0 saturated carbocycles. The molecule has 2 saturated heterocycles. The monoisotopic (exact) mass is 532 g/mol. The van der Waals surface area contributed by atoms with Crippen molar-refractivity contribution in [1.29, 1.82) is 0 Å². The molecule has 196 valence electrons. The maximum Gasteiger partial charge on any atom is 0.195 e. The van der Waals surface area contributed by atoms with Crippen molar-refractivity contribution in [2.75, 3.05) is 53.0 Å². The minimum atomic E-state index is -0.749. The lowest BCUT2D eigenvalue weighted by atomic mass is 10.0. The molecule has 9 heteroatoms. The summed E-state index contributed by atoms with van der Waals surface area (Å²) in [6, 6.07) is 12.7. The van der Waals surface area contributed by atoms with Crippen molar-refractivity contribution < 1.29 is 23.0 Å². The van der Waals surface area contributed by atoms with Gasteiger partial charge in [0.2, 0.25) is 0 Å². The van der Waals surface area contributed by atoms with Gasteiger partial charge in [-0.05, 0) is 69.3 Å². The molecule has 0 amide bonds. The zero-order chi connectivity index (χ0) is 23.1. The number of hydrogen-bond donors (Lipinski definition) is 0.